The van der Waals surface area contributed by atoms with Crippen LogP contribution in [0.5, 0.6) is 0 Å². The molecule has 0 saturated heterocycles. The predicted octanol–water partition coefficient (Wildman–Crippen LogP) is 1.67. The normalized spacial score (nSPS) is 16.3. The first-order chi connectivity index (χ1) is 12.7. The zero-order valence-corrected chi connectivity index (χ0v) is 15.9. The molecule has 1 heterocycles. The number of benzene rings is 2. The van der Waals surface area contributed by atoms with E-state index >= 15 is 0 Å². The smallest absolute Gasteiger partial charge is 0.269 e. The lowest BCUT2D eigenvalue weighted by Gasteiger charge is -2.18. The van der Waals surface area contributed by atoms with E-state index in [1.54, 1.807) is 13.8 Å². The molecule has 0 aliphatic carbocycles. The molecule has 2 amide bonds. The van der Waals surface area contributed by atoms with Gasteiger partial charge in [-0.15, -0.1) is 0 Å². The lowest BCUT2D eigenvalue weighted by molar-refractivity contribution is 0.0845. The van der Waals surface area contributed by atoms with Gasteiger partial charge in [-0.2, -0.15) is 0 Å². The topological polar surface area (TPSA) is 110 Å². The monoisotopic (exact) mass is 387 g/mol. The second kappa shape index (κ2) is 7.13. The average molecular weight is 387 g/mol. The van der Waals surface area contributed by atoms with Gasteiger partial charge in [0.2, 0.25) is 0 Å². The third-order valence-electron chi connectivity index (χ3n) is 4.39. The van der Waals surface area contributed by atoms with E-state index in [0.717, 1.165) is 9.87 Å². The first-order valence-electron chi connectivity index (χ1n) is 8.55. The quantitative estimate of drug-likeness (QED) is 0.811. The number of nitrogens with two attached hydrogens (primary N) is 1. The van der Waals surface area contributed by atoms with E-state index in [-0.39, 0.29) is 28.6 Å². The van der Waals surface area contributed by atoms with Crippen molar-refractivity contribution >= 4 is 21.8 Å². The number of amides is 2. The van der Waals surface area contributed by atoms with E-state index in [2.05, 4.69) is 5.32 Å². The van der Waals surface area contributed by atoms with Crippen molar-refractivity contribution in [3.05, 3.63) is 65.2 Å². The van der Waals surface area contributed by atoms with E-state index in [9.17, 15) is 18.0 Å². The standard InChI is InChI=1S/C19H21N3O4S/c1-12(2)22-19(24)15-9-8-14(10-17(15)27(22,25)26)18(23)21-11-16(20)13-6-4-3-5-7-13/h3-10,12,16H,11,20H2,1-2H3,(H,21,23). The summed E-state index contributed by atoms with van der Waals surface area (Å²) in [5, 5.41) is 2.70. The molecule has 0 fully saturated rings. The summed E-state index contributed by atoms with van der Waals surface area (Å²) in [5.74, 6) is -1.02. The van der Waals surface area contributed by atoms with E-state index in [1.165, 1.54) is 18.2 Å². The Morgan fingerprint density at radius 3 is 2.44 bits per heavy atom. The Hall–Kier alpha value is -2.71. The maximum atomic E-state index is 12.6. The molecule has 142 valence electrons. The minimum atomic E-state index is -3.95. The van der Waals surface area contributed by atoms with Crippen molar-refractivity contribution in [2.24, 2.45) is 5.73 Å². The highest BCUT2D eigenvalue weighted by Gasteiger charge is 2.42. The Kier molecular flexibility index (Phi) is 5.03. The number of sulfonamides is 1. The fourth-order valence-electron chi connectivity index (χ4n) is 3.02. The van der Waals surface area contributed by atoms with Gasteiger partial charge in [-0.05, 0) is 37.6 Å². The molecule has 0 spiro atoms. The van der Waals surface area contributed by atoms with Crippen LogP contribution < -0.4 is 11.1 Å². The van der Waals surface area contributed by atoms with Crippen LogP contribution in [0.3, 0.4) is 0 Å². The van der Waals surface area contributed by atoms with Gasteiger partial charge in [0.1, 0.15) is 4.90 Å². The molecule has 2 aromatic rings. The number of rotatable bonds is 5. The van der Waals surface area contributed by atoms with Gasteiger partial charge < -0.3 is 11.1 Å². The molecule has 0 saturated carbocycles. The minimum Gasteiger partial charge on any atom is -0.350 e. The van der Waals surface area contributed by atoms with Crippen molar-refractivity contribution in [3.63, 3.8) is 0 Å². The van der Waals surface area contributed by atoms with Crippen LogP contribution in [0, 0.1) is 0 Å². The molecule has 1 atom stereocenters. The summed E-state index contributed by atoms with van der Waals surface area (Å²) in [6, 6.07) is 12.5. The summed E-state index contributed by atoms with van der Waals surface area (Å²) in [4.78, 5) is 24.6. The highest BCUT2D eigenvalue weighted by atomic mass is 32.2. The van der Waals surface area contributed by atoms with Crippen molar-refractivity contribution in [2.45, 2.75) is 30.8 Å². The van der Waals surface area contributed by atoms with Crippen LogP contribution in [-0.4, -0.2) is 37.1 Å². The summed E-state index contributed by atoms with van der Waals surface area (Å²) in [6.45, 7) is 3.45. The fourth-order valence-corrected chi connectivity index (χ4v) is 4.82. The van der Waals surface area contributed by atoms with Gasteiger partial charge in [-0.3, -0.25) is 9.59 Å². The summed E-state index contributed by atoms with van der Waals surface area (Å²) in [5.41, 5.74) is 7.19. The number of hydrogen-bond acceptors (Lipinski definition) is 5. The van der Waals surface area contributed by atoms with E-state index in [4.69, 9.17) is 5.73 Å². The highest BCUT2D eigenvalue weighted by molar-refractivity contribution is 7.90. The molecule has 0 bridgehead atoms. The van der Waals surface area contributed by atoms with Crippen molar-refractivity contribution in [2.75, 3.05) is 6.54 Å². The zero-order chi connectivity index (χ0) is 19.8. The van der Waals surface area contributed by atoms with Gasteiger partial charge in [0.05, 0.1) is 5.56 Å². The molecule has 27 heavy (non-hydrogen) atoms. The third kappa shape index (κ3) is 3.45. The second-order valence-electron chi connectivity index (χ2n) is 6.64. The largest absolute Gasteiger partial charge is 0.350 e. The maximum Gasteiger partial charge on any atom is 0.269 e. The lowest BCUT2D eigenvalue weighted by Crippen LogP contribution is -2.36. The molecule has 1 aliphatic heterocycles. The van der Waals surface area contributed by atoms with Gasteiger partial charge >= 0.3 is 0 Å². The van der Waals surface area contributed by atoms with Crippen LogP contribution in [0.25, 0.3) is 0 Å². The Morgan fingerprint density at radius 1 is 1.15 bits per heavy atom. The number of nitrogens with zero attached hydrogens (tertiary/aromatic N) is 1. The second-order valence-corrected chi connectivity index (χ2v) is 8.42. The first-order valence-corrected chi connectivity index (χ1v) is 9.99. The molecule has 0 aromatic heterocycles. The minimum absolute atomic E-state index is 0.0845. The summed E-state index contributed by atoms with van der Waals surface area (Å²) < 4.78 is 26.1. The van der Waals surface area contributed by atoms with Crippen molar-refractivity contribution in [3.8, 4) is 0 Å². The van der Waals surface area contributed by atoms with Crippen LogP contribution in [-0.2, 0) is 10.0 Å². The van der Waals surface area contributed by atoms with E-state index in [0.29, 0.717) is 0 Å². The zero-order valence-electron chi connectivity index (χ0n) is 15.0. The van der Waals surface area contributed by atoms with Crippen molar-refractivity contribution in [1.29, 1.82) is 0 Å². The molecule has 3 rings (SSSR count). The van der Waals surface area contributed by atoms with Crippen LogP contribution in [0.2, 0.25) is 0 Å². The maximum absolute atomic E-state index is 12.6. The van der Waals surface area contributed by atoms with Crippen LogP contribution in [0.1, 0.15) is 46.2 Å². The first kappa shape index (κ1) is 19.1. The molecular weight excluding hydrogens is 366 g/mol. The Labute approximate surface area is 158 Å². The number of nitrogens with one attached hydrogen (secondary N) is 1. The van der Waals surface area contributed by atoms with Gasteiger partial charge in [0.15, 0.2) is 0 Å². The van der Waals surface area contributed by atoms with Gasteiger partial charge in [-0.1, -0.05) is 30.3 Å². The van der Waals surface area contributed by atoms with Crippen molar-refractivity contribution < 1.29 is 18.0 Å². The van der Waals surface area contributed by atoms with Crippen LogP contribution in [0.4, 0.5) is 0 Å². The number of hydrogen-bond donors (Lipinski definition) is 2. The van der Waals surface area contributed by atoms with Crippen molar-refractivity contribution in [1.82, 2.24) is 9.62 Å². The SMILES string of the molecule is CC(C)N1C(=O)c2ccc(C(=O)NCC(N)c3ccccc3)cc2S1(=O)=O. The summed E-state index contributed by atoms with van der Waals surface area (Å²) in [6.07, 6.45) is 0. The molecule has 2 aromatic carbocycles. The molecule has 1 aliphatic rings. The Bertz CT molecular complexity index is 987. The van der Waals surface area contributed by atoms with E-state index < -0.39 is 27.9 Å². The Morgan fingerprint density at radius 2 is 1.81 bits per heavy atom. The van der Waals surface area contributed by atoms with Crippen LogP contribution in [0.15, 0.2) is 53.4 Å². The highest BCUT2D eigenvalue weighted by Crippen LogP contribution is 2.32. The van der Waals surface area contributed by atoms with Gasteiger partial charge in [0.25, 0.3) is 21.8 Å². The van der Waals surface area contributed by atoms with Crippen LogP contribution >= 0.6 is 0 Å². The molecule has 0 radical (unpaired) electrons. The molecule has 7 nitrogen and oxygen atoms in total. The lowest BCUT2D eigenvalue weighted by atomic mass is 10.1. The molecular formula is C19H21N3O4S. The van der Waals surface area contributed by atoms with E-state index in [1.807, 2.05) is 30.3 Å². The number of carbonyl (C=O) groups excluding carboxylic acids is 2. The predicted molar refractivity (Wildman–Crippen MR) is 101 cm³/mol. The number of carbonyl (C=O) groups is 2. The fraction of sp³-hybridized carbons (Fsp3) is 0.263. The third-order valence-corrected chi connectivity index (χ3v) is 6.39. The van der Waals surface area contributed by atoms with Gasteiger partial charge in [0, 0.05) is 24.2 Å². The molecule has 3 N–H and O–H groups in total. The molecule has 1 unspecified atom stereocenters. The Balaban J connectivity index is 1.79. The number of fused-ring (bicyclic) bond motifs is 1. The van der Waals surface area contributed by atoms with Gasteiger partial charge in [-0.25, -0.2) is 12.7 Å². The average Bonchev–Trinajstić information content (AvgIpc) is 2.85. The summed E-state index contributed by atoms with van der Waals surface area (Å²) in [7, 11) is -3.95. The summed E-state index contributed by atoms with van der Waals surface area (Å²) >= 11 is 0. The molecule has 8 heteroatoms.